The number of benzene rings is 1. The van der Waals surface area contributed by atoms with Gasteiger partial charge in [-0.3, -0.25) is 10.1 Å². The van der Waals surface area contributed by atoms with Crippen molar-refractivity contribution in [3.8, 4) is 11.3 Å². The van der Waals surface area contributed by atoms with Crippen molar-refractivity contribution < 1.29 is 4.92 Å². The molecule has 2 aromatic heterocycles. The highest BCUT2D eigenvalue weighted by atomic mass is 35.5. The molecule has 0 spiro atoms. The van der Waals surface area contributed by atoms with Crippen LogP contribution < -0.4 is 21.7 Å². The molecule has 0 aliphatic carbocycles. The number of nitro groups is 1. The highest BCUT2D eigenvalue weighted by Gasteiger charge is 2.14. The van der Waals surface area contributed by atoms with E-state index in [1.165, 1.54) is 12.1 Å². The number of nitrogens with two attached hydrogens (primary N) is 1. The Labute approximate surface area is 188 Å². The number of nitrogens with one attached hydrogen (secondary N) is 3. The van der Waals surface area contributed by atoms with Crippen LogP contribution in [0.5, 0.6) is 0 Å². The summed E-state index contributed by atoms with van der Waals surface area (Å²) >= 11 is 12.4. The van der Waals surface area contributed by atoms with Gasteiger partial charge in [-0.05, 0) is 31.2 Å². The molecule has 2 heterocycles. The van der Waals surface area contributed by atoms with E-state index in [0.717, 1.165) is 11.3 Å². The zero-order valence-corrected chi connectivity index (χ0v) is 18.0. The normalized spacial score (nSPS) is 10.5. The number of anilines is 4. The lowest BCUT2D eigenvalue weighted by molar-refractivity contribution is -0.384. The van der Waals surface area contributed by atoms with Crippen LogP contribution in [-0.4, -0.2) is 39.5 Å². The Morgan fingerprint density at radius 1 is 1.10 bits per heavy atom. The third kappa shape index (κ3) is 5.62. The van der Waals surface area contributed by atoms with E-state index in [2.05, 4.69) is 30.9 Å². The van der Waals surface area contributed by atoms with Crippen LogP contribution in [0.25, 0.3) is 11.3 Å². The minimum atomic E-state index is -0.577. The molecule has 0 fully saturated rings. The van der Waals surface area contributed by atoms with Crippen molar-refractivity contribution in [1.29, 1.82) is 0 Å². The molecule has 10 nitrogen and oxygen atoms in total. The van der Waals surface area contributed by atoms with Gasteiger partial charge >= 0.3 is 5.69 Å². The van der Waals surface area contributed by atoms with Crippen molar-refractivity contribution in [2.24, 2.45) is 0 Å². The topological polar surface area (TPSA) is 144 Å². The van der Waals surface area contributed by atoms with Gasteiger partial charge in [-0.2, -0.15) is 0 Å². The monoisotopic (exact) mass is 462 g/mol. The lowest BCUT2D eigenvalue weighted by Gasteiger charge is -2.13. The molecular weight excluding hydrogens is 443 g/mol. The lowest BCUT2D eigenvalue weighted by atomic mass is 10.1. The zero-order valence-electron chi connectivity index (χ0n) is 16.5. The summed E-state index contributed by atoms with van der Waals surface area (Å²) in [5.41, 5.74) is 7.50. The molecule has 0 aliphatic rings. The molecule has 5 N–H and O–H groups in total. The van der Waals surface area contributed by atoms with Crippen molar-refractivity contribution >= 4 is 52.2 Å². The van der Waals surface area contributed by atoms with Gasteiger partial charge in [-0.15, -0.1) is 0 Å². The molecule has 0 bridgehead atoms. The first-order valence-electron chi connectivity index (χ1n) is 9.34. The molecule has 12 heteroatoms. The molecule has 31 heavy (non-hydrogen) atoms. The van der Waals surface area contributed by atoms with Gasteiger partial charge in [0.25, 0.3) is 0 Å². The van der Waals surface area contributed by atoms with Crippen LogP contribution in [0.3, 0.4) is 0 Å². The molecule has 3 aromatic rings. The zero-order chi connectivity index (χ0) is 22.4. The first-order valence-corrected chi connectivity index (χ1v) is 10.1. The molecule has 0 saturated heterocycles. The van der Waals surface area contributed by atoms with E-state index in [-0.39, 0.29) is 11.5 Å². The van der Waals surface area contributed by atoms with E-state index in [0.29, 0.717) is 47.1 Å². The summed E-state index contributed by atoms with van der Waals surface area (Å²) in [6.45, 7) is 3.60. The van der Waals surface area contributed by atoms with E-state index >= 15 is 0 Å². The van der Waals surface area contributed by atoms with Gasteiger partial charge in [0.05, 0.1) is 21.8 Å². The van der Waals surface area contributed by atoms with Crippen molar-refractivity contribution in [1.82, 2.24) is 15.0 Å². The van der Waals surface area contributed by atoms with Crippen LogP contribution in [-0.2, 0) is 0 Å². The first kappa shape index (κ1) is 22.3. The third-order valence-corrected chi connectivity index (χ3v) is 4.70. The predicted molar refractivity (Wildman–Crippen MR) is 124 cm³/mol. The van der Waals surface area contributed by atoms with Gasteiger partial charge in [0.1, 0.15) is 11.5 Å². The molecule has 0 saturated carbocycles. The van der Waals surface area contributed by atoms with Gasteiger partial charge in [-0.25, -0.2) is 15.0 Å². The van der Waals surface area contributed by atoms with E-state index in [4.69, 9.17) is 28.9 Å². The quantitative estimate of drug-likeness (QED) is 0.207. The molecule has 0 unspecified atom stereocenters. The van der Waals surface area contributed by atoms with Crippen LogP contribution in [0.15, 0.2) is 36.5 Å². The number of nitrogen functional groups attached to an aromatic ring is 1. The van der Waals surface area contributed by atoms with Crippen molar-refractivity contribution in [3.63, 3.8) is 0 Å². The fraction of sp³-hybridized carbons (Fsp3) is 0.211. The van der Waals surface area contributed by atoms with Crippen molar-refractivity contribution in [3.05, 3.63) is 56.7 Å². The van der Waals surface area contributed by atoms with Gasteiger partial charge in [0, 0.05) is 36.3 Å². The summed E-state index contributed by atoms with van der Waals surface area (Å²) < 4.78 is 0. The van der Waals surface area contributed by atoms with E-state index in [9.17, 15) is 10.1 Å². The summed E-state index contributed by atoms with van der Waals surface area (Å²) in [6, 6.07) is 8.03. The maximum atomic E-state index is 10.8. The van der Waals surface area contributed by atoms with Gasteiger partial charge in [0.15, 0.2) is 0 Å². The second kappa shape index (κ2) is 10.1. The summed E-state index contributed by atoms with van der Waals surface area (Å²) in [5.74, 6) is 0.706. The van der Waals surface area contributed by atoms with Crippen LogP contribution in [0.1, 0.15) is 6.92 Å². The fourth-order valence-corrected chi connectivity index (χ4v) is 3.26. The van der Waals surface area contributed by atoms with Crippen LogP contribution in [0, 0.1) is 10.1 Å². The molecule has 0 amide bonds. The summed E-state index contributed by atoms with van der Waals surface area (Å²) in [5, 5.41) is 21.2. The SMILES string of the molecule is CCNc1cnc(NCCNc2ccc([N+](=O)[O-])c(N)n2)nc1-c1ccc(Cl)cc1Cl. The molecule has 0 radical (unpaired) electrons. The third-order valence-electron chi connectivity index (χ3n) is 4.16. The first-order chi connectivity index (χ1) is 14.9. The van der Waals surface area contributed by atoms with Crippen LogP contribution in [0.4, 0.5) is 29.0 Å². The highest BCUT2D eigenvalue weighted by molar-refractivity contribution is 6.36. The number of hydrogen-bond donors (Lipinski definition) is 4. The number of nitrogens with zero attached hydrogens (tertiary/aromatic N) is 4. The molecule has 0 atom stereocenters. The van der Waals surface area contributed by atoms with Crippen molar-refractivity contribution in [2.45, 2.75) is 6.92 Å². The summed E-state index contributed by atoms with van der Waals surface area (Å²) in [4.78, 5) is 23.1. The number of pyridine rings is 1. The molecule has 1 aromatic carbocycles. The number of halogens is 2. The van der Waals surface area contributed by atoms with Gasteiger partial charge in [0.2, 0.25) is 11.8 Å². The fourth-order valence-electron chi connectivity index (χ4n) is 2.76. The van der Waals surface area contributed by atoms with Gasteiger partial charge in [-0.1, -0.05) is 23.2 Å². The summed E-state index contributed by atoms with van der Waals surface area (Å²) in [7, 11) is 0. The smallest absolute Gasteiger partial charge is 0.311 e. The van der Waals surface area contributed by atoms with E-state index in [1.54, 1.807) is 18.3 Å². The Morgan fingerprint density at radius 2 is 1.87 bits per heavy atom. The van der Waals surface area contributed by atoms with Crippen LogP contribution >= 0.6 is 23.2 Å². The Kier molecular flexibility index (Phi) is 7.27. The maximum absolute atomic E-state index is 10.8. The molecular formula is C19H20Cl2N8O2. The standard InChI is InChI=1S/C19H20Cl2N8O2/c1-2-23-14-10-26-19(28-17(14)12-4-3-11(20)9-13(12)21)25-8-7-24-16-6-5-15(29(30)31)18(22)27-16/h3-6,9-10,23H,2,7-8H2,1H3,(H3,22,24,27)(H,25,26,28). The number of rotatable bonds is 9. The van der Waals surface area contributed by atoms with E-state index in [1.807, 2.05) is 13.0 Å². The Bertz CT molecular complexity index is 1100. The number of aromatic nitrogens is 3. The van der Waals surface area contributed by atoms with Crippen molar-refractivity contribution in [2.75, 3.05) is 41.3 Å². The average Bonchev–Trinajstić information content (AvgIpc) is 2.72. The molecule has 3 rings (SSSR count). The molecule has 162 valence electrons. The minimum Gasteiger partial charge on any atom is -0.382 e. The maximum Gasteiger partial charge on any atom is 0.311 e. The van der Waals surface area contributed by atoms with Gasteiger partial charge < -0.3 is 21.7 Å². The summed E-state index contributed by atoms with van der Waals surface area (Å²) in [6.07, 6.45) is 1.69. The second-order valence-electron chi connectivity index (χ2n) is 6.32. The average molecular weight is 463 g/mol. The number of hydrogen-bond acceptors (Lipinski definition) is 9. The Morgan fingerprint density at radius 3 is 2.55 bits per heavy atom. The molecule has 0 aliphatic heterocycles. The highest BCUT2D eigenvalue weighted by Crippen LogP contribution is 2.33. The Hall–Kier alpha value is -3.37. The lowest BCUT2D eigenvalue weighted by Crippen LogP contribution is -2.16. The predicted octanol–water partition coefficient (Wildman–Crippen LogP) is 4.29. The van der Waals surface area contributed by atoms with Crippen LogP contribution in [0.2, 0.25) is 10.0 Å². The van der Waals surface area contributed by atoms with E-state index < -0.39 is 4.92 Å². The minimum absolute atomic E-state index is 0.144. The largest absolute Gasteiger partial charge is 0.382 e. The second-order valence-corrected chi connectivity index (χ2v) is 7.17. The Balaban J connectivity index is 1.68.